The summed E-state index contributed by atoms with van der Waals surface area (Å²) >= 11 is 0. The van der Waals surface area contributed by atoms with E-state index in [0.29, 0.717) is 13.0 Å². The summed E-state index contributed by atoms with van der Waals surface area (Å²) in [5.41, 5.74) is 1.19. The fraction of sp³-hybridized carbons (Fsp3) is 0.300. The molecule has 2 amide bonds. The van der Waals surface area contributed by atoms with Gasteiger partial charge in [-0.2, -0.15) is 0 Å². The molecule has 144 valence electrons. The molecule has 0 aliphatic rings. The van der Waals surface area contributed by atoms with E-state index in [-0.39, 0.29) is 30.5 Å². The molecule has 1 N–H and O–H groups in total. The first-order valence-electron chi connectivity index (χ1n) is 8.52. The van der Waals surface area contributed by atoms with Gasteiger partial charge >= 0.3 is 0 Å². The minimum Gasteiger partial charge on any atom is -0.497 e. The topological polar surface area (TPSA) is 58.6 Å². The number of anilines is 1. The van der Waals surface area contributed by atoms with E-state index >= 15 is 0 Å². The zero-order valence-corrected chi connectivity index (χ0v) is 15.3. The van der Waals surface area contributed by atoms with E-state index in [2.05, 4.69) is 5.32 Å². The predicted octanol–water partition coefficient (Wildman–Crippen LogP) is 3.39. The second-order valence-electron chi connectivity index (χ2n) is 6.03. The molecule has 0 bridgehead atoms. The first-order valence-corrected chi connectivity index (χ1v) is 8.52. The number of nitrogens with zero attached hydrogens (tertiary/aromatic N) is 1. The van der Waals surface area contributed by atoms with Crippen molar-refractivity contribution in [2.75, 3.05) is 25.5 Å². The van der Waals surface area contributed by atoms with Crippen LogP contribution >= 0.6 is 0 Å². The molecule has 2 rings (SSSR count). The van der Waals surface area contributed by atoms with Gasteiger partial charge in [0.1, 0.15) is 5.75 Å². The van der Waals surface area contributed by atoms with Gasteiger partial charge in [-0.1, -0.05) is 12.1 Å². The molecule has 0 fully saturated rings. The van der Waals surface area contributed by atoms with Gasteiger partial charge < -0.3 is 15.0 Å². The van der Waals surface area contributed by atoms with E-state index in [1.807, 2.05) is 24.3 Å². The van der Waals surface area contributed by atoms with E-state index in [0.717, 1.165) is 23.4 Å². The zero-order chi connectivity index (χ0) is 19.8. The van der Waals surface area contributed by atoms with Gasteiger partial charge in [0.25, 0.3) is 0 Å². The largest absolute Gasteiger partial charge is 0.497 e. The summed E-state index contributed by atoms with van der Waals surface area (Å²) in [6.07, 6.45) is 0.679. The van der Waals surface area contributed by atoms with Gasteiger partial charge in [0.05, 0.1) is 7.11 Å². The molecule has 0 heterocycles. The lowest BCUT2D eigenvalue weighted by Gasteiger charge is -2.21. The smallest absolute Gasteiger partial charge is 0.226 e. The fourth-order valence-electron chi connectivity index (χ4n) is 2.55. The molecule has 0 saturated heterocycles. The van der Waals surface area contributed by atoms with Crippen LogP contribution in [0.25, 0.3) is 0 Å². The van der Waals surface area contributed by atoms with Crippen LogP contribution < -0.4 is 10.1 Å². The van der Waals surface area contributed by atoms with Crippen molar-refractivity contribution >= 4 is 17.5 Å². The lowest BCUT2D eigenvalue weighted by atomic mass is 10.1. The Bertz CT molecular complexity index is 812. The van der Waals surface area contributed by atoms with Gasteiger partial charge in [0.15, 0.2) is 11.6 Å². The van der Waals surface area contributed by atoms with Crippen LogP contribution in [-0.4, -0.2) is 36.9 Å². The Hall–Kier alpha value is -2.96. The number of carbonyl (C=O) groups is 2. The highest BCUT2D eigenvalue weighted by Crippen LogP contribution is 2.15. The van der Waals surface area contributed by atoms with Gasteiger partial charge in [-0.3, -0.25) is 9.59 Å². The zero-order valence-electron chi connectivity index (χ0n) is 15.3. The number of nitrogens with one attached hydrogen (secondary N) is 1. The van der Waals surface area contributed by atoms with Crippen LogP contribution in [-0.2, 0) is 16.0 Å². The first-order chi connectivity index (χ1) is 12.9. The number of hydrogen-bond donors (Lipinski definition) is 1. The average molecular weight is 376 g/mol. The molecule has 0 atom stereocenters. The van der Waals surface area contributed by atoms with Crippen molar-refractivity contribution in [3.63, 3.8) is 0 Å². The maximum atomic E-state index is 13.2. The lowest BCUT2D eigenvalue weighted by molar-refractivity contribution is -0.129. The molecule has 0 radical (unpaired) electrons. The van der Waals surface area contributed by atoms with E-state index in [1.54, 1.807) is 12.0 Å². The summed E-state index contributed by atoms with van der Waals surface area (Å²) in [5, 5.41) is 2.49. The third kappa shape index (κ3) is 6.36. The molecule has 7 heteroatoms. The predicted molar refractivity (Wildman–Crippen MR) is 98.6 cm³/mol. The van der Waals surface area contributed by atoms with Crippen molar-refractivity contribution in [2.45, 2.75) is 19.8 Å². The van der Waals surface area contributed by atoms with E-state index in [1.165, 1.54) is 13.0 Å². The van der Waals surface area contributed by atoms with Crippen LogP contribution in [0.3, 0.4) is 0 Å². The third-order valence-electron chi connectivity index (χ3n) is 4.06. The molecule has 0 aliphatic heterocycles. The molecule has 0 saturated carbocycles. The molecule has 0 aromatic heterocycles. The summed E-state index contributed by atoms with van der Waals surface area (Å²) in [6.45, 7) is 2.13. The number of carbonyl (C=O) groups excluding carboxylic acids is 2. The highest BCUT2D eigenvalue weighted by molar-refractivity contribution is 5.91. The molecule has 0 spiro atoms. The fourth-order valence-corrected chi connectivity index (χ4v) is 2.55. The van der Waals surface area contributed by atoms with Crippen LogP contribution in [0, 0.1) is 11.6 Å². The van der Waals surface area contributed by atoms with E-state index in [4.69, 9.17) is 4.74 Å². The Kier molecular flexibility index (Phi) is 7.28. The van der Waals surface area contributed by atoms with Gasteiger partial charge in [0, 0.05) is 38.2 Å². The average Bonchev–Trinajstić information content (AvgIpc) is 2.64. The van der Waals surface area contributed by atoms with Crippen LogP contribution in [0.4, 0.5) is 14.5 Å². The van der Waals surface area contributed by atoms with Crippen molar-refractivity contribution in [2.24, 2.45) is 0 Å². The summed E-state index contributed by atoms with van der Waals surface area (Å²) in [6, 6.07) is 10.7. The summed E-state index contributed by atoms with van der Waals surface area (Å²) in [7, 11) is 1.59. The Balaban J connectivity index is 1.86. The second kappa shape index (κ2) is 9.66. The molecule has 2 aromatic carbocycles. The van der Waals surface area contributed by atoms with Crippen LogP contribution in [0.5, 0.6) is 5.75 Å². The summed E-state index contributed by atoms with van der Waals surface area (Å²) in [5.74, 6) is -1.79. The number of rotatable bonds is 8. The Morgan fingerprint density at radius 1 is 1.07 bits per heavy atom. The number of benzene rings is 2. The minimum atomic E-state index is -1.03. The third-order valence-corrected chi connectivity index (χ3v) is 4.06. The number of halogens is 2. The van der Waals surface area contributed by atoms with Gasteiger partial charge in [0.2, 0.25) is 11.8 Å². The molecule has 0 unspecified atom stereocenters. The van der Waals surface area contributed by atoms with E-state index in [9.17, 15) is 18.4 Å². The molecule has 2 aromatic rings. The van der Waals surface area contributed by atoms with Gasteiger partial charge in [-0.25, -0.2) is 8.78 Å². The first kappa shape index (κ1) is 20.4. The highest BCUT2D eigenvalue weighted by atomic mass is 19.2. The van der Waals surface area contributed by atoms with E-state index < -0.39 is 11.6 Å². The van der Waals surface area contributed by atoms with Crippen molar-refractivity contribution in [3.05, 3.63) is 59.7 Å². The van der Waals surface area contributed by atoms with Crippen LogP contribution in [0.2, 0.25) is 0 Å². The van der Waals surface area contributed by atoms with Crippen molar-refractivity contribution in [3.8, 4) is 5.75 Å². The maximum Gasteiger partial charge on any atom is 0.226 e. The Labute approximate surface area is 156 Å². The molecular formula is C20H22F2N2O3. The van der Waals surface area contributed by atoms with Gasteiger partial charge in [-0.05, 0) is 36.2 Å². The number of amides is 2. The van der Waals surface area contributed by atoms with Crippen LogP contribution in [0.1, 0.15) is 18.9 Å². The SMILES string of the molecule is COc1cccc(CCN(CCC(=O)Nc2ccc(F)c(F)c2)C(C)=O)c1. The lowest BCUT2D eigenvalue weighted by Crippen LogP contribution is -2.33. The van der Waals surface area contributed by atoms with Crippen LogP contribution in [0.15, 0.2) is 42.5 Å². The highest BCUT2D eigenvalue weighted by Gasteiger charge is 2.12. The number of ether oxygens (including phenoxy) is 1. The normalized spacial score (nSPS) is 10.4. The number of methoxy groups -OCH3 is 1. The summed E-state index contributed by atoms with van der Waals surface area (Å²) in [4.78, 5) is 25.4. The minimum absolute atomic E-state index is 0.0523. The monoisotopic (exact) mass is 376 g/mol. The van der Waals surface area contributed by atoms with Crippen molar-refractivity contribution in [1.29, 1.82) is 0 Å². The standard InChI is InChI=1S/C20H22F2N2O3/c1-14(25)24(10-8-15-4-3-5-17(12-15)27-2)11-9-20(26)23-16-6-7-18(21)19(22)13-16/h3-7,12-13H,8-11H2,1-2H3,(H,23,26). The van der Waals surface area contributed by atoms with Gasteiger partial charge in [-0.15, -0.1) is 0 Å². The second-order valence-corrected chi connectivity index (χ2v) is 6.03. The number of hydrogen-bond acceptors (Lipinski definition) is 3. The maximum absolute atomic E-state index is 13.2. The van der Waals surface area contributed by atoms with Crippen molar-refractivity contribution < 1.29 is 23.1 Å². The summed E-state index contributed by atoms with van der Waals surface area (Å²) < 4.78 is 31.3. The Morgan fingerprint density at radius 3 is 2.52 bits per heavy atom. The molecule has 0 aliphatic carbocycles. The quantitative estimate of drug-likeness (QED) is 0.768. The molecular weight excluding hydrogens is 354 g/mol. The van der Waals surface area contributed by atoms with Crippen molar-refractivity contribution in [1.82, 2.24) is 4.90 Å². The Morgan fingerprint density at radius 2 is 1.85 bits per heavy atom. The molecule has 27 heavy (non-hydrogen) atoms. The molecule has 5 nitrogen and oxygen atoms in total.